The first-order valence-electron chi connectivity index (χ1n) is 14.4. The second-order valence-corrected chi connectivity index (χ2v) is 11.5. The standard InChI is InChI=1S/C32H44N2.2CH3.Pd/c1-7-13-15-29-30(16-14-8-2)32(28-21-25(11-5)18-26(12-6)22-28)34(33)31(29)27-19-23(9-3)17-24(10-4)20-27;;;/h17-22H,7-16H2,1-6H3;2*1H3;. The zero-order valence-corrected chi connectivity index (χ0v) is 26.3. The quantitative estimate of drug-likeness (QED) is 0.173. The average molecular weight is 593 g/mol. The van der Waals surface area contributed by atoms with Gasteiger partial charge in [0.1, 0.15) is 0 Å². The summed E-state index contributed by atoms with van der Waals surface area (Å²) in [5, 5.41) is 4.35. The molecule has 0 N–H and O–H groups in total. The summed E-state index contributed by atoms with van der Waals surface area (Å²) in [6, 6.07) is 13.8. The Balaban J connectivity index is 0.00000153. The van der Waals surface area contributed by atoms with E-state index in [9.17, 15) is 5.53 Å². The number of aryl methyl sites for hydroxylation is 4. The van der Waals surface area contributed by atoms with Crippen LogP contribution in [0.1, 0.15) is 113 Å². The molecule has 0 bridgehead atoms. The van der Waals surface area contributed by atoms with Gasteiger partial charge in [0, 0.05) is 22.3 Å². The van der Waals surface area contributed by atoms with Crippen molar-refractivity contribution in [1.82, 2.24) is 0 Å². The van der Waals surface area contributed by atoms with E-state index in [1.807, 2.05) is 0 Å². The van der Waals surface area contributed by atoms with Crippen molar-refractivity contribution in [3.63, 3.8) is 0 Å². The molecule has 206 valence electrons. The zero-order valence-electron chi connectivity index (χ0n) is 24.7. The molecule has 3 heteroatoms. The molecule has 0 fully saturated rings. The van der Waals surface area contributed by atoms with E-state index in [1.165, 1.54) is 33.4 Å². The molecule has 0 amide bonds. The Morgan fingerprint density at radius 1 is 0.568 bits per heavy atom. The molecule has 0 spiro atoms. The molecule has 0 saturated heterocycles. The van der Waals surface area contributed by atoms with Crippen molar-refractivity contribution in [2.24, 2.45) is 0 Å². The van der Waals surface area contributed by atoms with E-state index in [2.05, 4.69) is 88.7 Å². The summed E-state index contributed by atoms with van der Waals surface area (Å²) >= 11 is 0.950. The number of nitrogens with zero attached hydrogens (tertiary/aromatic N) is 2. The van der Waals surface area contributed by atoms with E-state index >= 15 is 0 Å². The maximum atomic E-state index is 11.9. The molecule has 2 aromatic carbocycles. The van der Waals surface area contributed by atoms with Crippen LogP contribution in [0.5, 0.6) is 0 Å². The molecular weight excluding hydrogens is 543 g/mol. The van der Waals surface area contributed by atoms with Gasteiger partial charge < -0.3 is 5.53 Å². The first-order valence-corrected chi connectivity index (χ1v) is 17.5. The van der Waals surface area contributed by atoms with Crippen LogP contribution in [0.15, 0.2) is 47.5 Å². The van der Waals surface area contributed by atoms with Gasteiger partial charge in [0.15, 0.2) is 0 Å². The van der Waals surface area contributed by atoms with Crippen LogP contribution in [0.25, 0.3) is 16.9 Å². The summed E-state index contributed by atoms with van der Waals surface area (Å²) in [7, 11) is 0. The second-order valence-electron chi connectivity index (χ2n) is 9.98. The number of unbranched alkanes of at least 4 members (excludes halogenated alkanes) is 2. The molecule has 3 rings (SSSR count). The van der Waals surface area contributed by atoms with Crippen LogP contribution in [0.4, 0.5) is 0 Å². The molecular formula is C34H50N2Pd. The Bertz CT molecular complexity index is 977. The van der Waals surface area contributed by atoms with Crippen molar-refractivity contribution in [3.8, 4) is 0 Å². The van der Waals surface area contributed by atoms with E-state index in [4.69, 9.17) is 0 Å². The molecule has 0 aromatic heterocycles. The van der Waals surface area contributed by atoms with E-state index in [0.29, 0.717) is 0 Å². The van der Waals surface area contributed by atoms with Crippen molar-refractivity contribution >= 4 is 11.4 Å². The number of allylic oxidation sites excluding steroid dienone is 2. The Kier molecular flexibility index (Phi) is 13.8. The summed E-state index contributed by atoms with van der Waals surface area (Å²) in [5.41, 5.74) is 24.3. The Morgan fingerprint density at radius 3 is 1.11 bits per heavy atom. The van der Waals surface area contributed by atoms with Gasteiger partial charge in [-0.05, 0) is 97.9 Å². The molecule has 0 aliphatic carbocycles. The monoisotopic (exact) mass is 592 g/mol. The molecule has 1 aliphatic heterocycles. The number of hydrogen-bond donors (Lipinski definition) is 0. The van der Waals surface area contributed by atoms with E-state index in [0.717, 1.165) is 105 Å². The summed E-state index contributed by atoms with van der Waals surface area (Å²) in [6.45, 7) is 13.4. The Morgan fingerprint density at radius 2 is 0.865 bits per heavy atom. The fourth-order valence-electron chi connectivity index (χ4n) is 5.11. The SMILES string of the molecule is CCCCC1=C(c2cc(CC)cc(CC)c2)[N+](=[N-])C(c2cc(CC)cc(CC)c2)=C1CCCC.[CH3][Pd][CH3]. The second kappa shape index (κ2) is 16.2. The topological polar surface area (TPSA) is 25.3 Å². The van der Waals surface area contributed by atoms with Gasteiger partial charge in [-0.1, -0.05) is 66.5 Å². The van der Waals surface area contributed by atoms with Gasteiger partial charge in [0.05, 0.1) is 0 Å². The molecule has 1 aliphatic rings. The maximum absolute atomic E-state index is 11.9. The summed E-state index contributed by atoms with van der Waals surface area (Å²) < 4.78 is 1.55. The van der Waals surface area contributed by atoms with E-state index in [-0.39, 0.29) is 0 Å². The third-order valence-corrected chi connectivity index (χ3v) is 7.21. The molecule has 0 unspecified atom stereocenters. The predicted molar refractivity (Wildman–Crippen MR) is 159 cm³/mol. The van der Waals surface area contributed by atoms with Crippen LogP contribution in [0.2, 0.25) is 10.8 Å². The van der Waals surface area contributed by atoms with Crippen LogP contribution in [-0.4, -0.2) is 4.70 Å². The van der Waals surface area contributed by atoms with Gasteiger partial charge in [0.2, 0.25) is 11.4 Å². The fourth-order valence-corrected chi connectivity index (χ4v) is 5.11. The van der Waals surface area contributed by atoms with Crippen LogP contribution in [0, 0.1) is 0 Å². The fraction of sp³-hybridized carbons (Fsp3) is 0.529. The van der Waals surface area contributed by atoms with E-state index < -0.39 is 0 Å². The van der Waals surface area contributed by atoms with Crippen LogP contribution in [0.3, 0.4) is 0 Å². The number of benzene rings is 2. The summed E-state index contributed by atoms with van der Waals surface area (Å²) in [6.07, 6.45) is 10.6. The van der Waals surface area contributed by atoms with Crippen molar-refractivity contribution < 1.29 is 22.7 Å². The molecule has 0 atom stereocenters. The van der Waals surface area contributed by atoms with Gasteiger partial charge in [-0.15, -0.1) is 0 Å². The summed E-state index contributed by atoms with van der Waals surface area (Å²) in [4.78, 5) is 0. The van der Waals surface area contributed by atoms with Gasteiger partial charge >= 0.3 is 28.8 Å². The Hall–Kier alpha value is -1.82. The van der Waals surface area contributed by atoms with E-state index in [1.54, 1.807) is 4.70 Å². The van der Waals surface area contributed by atoms with Crippen molar-refractivity contribution in [2.45, 2.75) is 117 Å². The minimum atomic E-state index is 0.950. The van der Waals surface area contributed by atoms with Gasteiger partial charge in [-0.2, -0.15) is 0 Å². The van der Waals surface area contributed by atoms with Crippen LogP contribution >= 0.6 is 0 Å². The molecule has 0 radical (unpaired) electrons. The third kappa shape index (κ3) is 8.08. The predicted octanol–water partition coefficient (Wildman–Crippen LogP) is 10.7. The van der Waals surface area contributed by atoms with Gasteiger partial charge in [-0.25, -0.2) is 4.70 Å². The molecule has 0 saturated carbocycles. The van der Waals surface area contributed by atoms with Gasteiger partial charge in [-0.3, -0.25) is 0 Å². The number of hydrogen-bond acceptors (Lipinski definition) is 0. The number of rotatable bonds is 12. The Labute approximate surface area is 236 Å². The minimum absolute atomic E-state index is 0.950. The van der Waals surface area contributed by atoms with Crippen molar-refractivity contribution in [3.05, 3.63) is 86.5 Å². The molecule has 1 heterocycles. The van der Waals surface area contributed by atoms with Crippen molar-refractivity contribution in [1.29, 1.82) is 0 Å². The third-order valence-electron chi connectivity index (χ3n) is 7.21. The van der Waals surface area contributed by atoms with Gasteiger partial charge in [0.25, 0.3) is 0 Å². The molecule has 2 aromatic rings. The first kappa shape index (κ1) is 31.4. The van der Waals surface area contributed by atoms with Crippen LogP contribution in [-0.2, 0) is 43.7 Å². The zero-order chi connectivity index (χ0) is 27.4. The average Bonchev–Trinajstić information content (AvgIpc) is 3.20. The summed E-state index contributed by atoms with van der Waals surface area (Å²) in [5.74, 6) is 0. The normalized spacial score (nSPS) is 13.5. The molecule has 2 nitrogen and oxygen atoms in total. The first-order chi connectivity index (χ1) is 17.9. The molecule has 37 heavy (non-hydrogen) atoms. The van der Waals surface area contributed by atoms with Crippen molar-refractivity contribution in [2.75, 3.05) is 0 Å². The van der Waals surface area contributed by atoms with Crippen LogP contribution < -0.4 is 0 Å².